The van der Waals surface area contributed by atoms with Crippen molar-refractivity contribution in [2.75, 3.05) is 26.4 Å². The van der Waals surface area contributed by atoms with Crippen LogP contribution in [-0.4, -0.2) is 37.8 Å². The van der Waals surface area contributed by atoms with Gasteiger partial charge in [0.1, 0.15) is 22.6 Å². The molecule has 0 aliphatic rings. The summed E-state index contributed by atoms with van der Waals surface area (Å²) >= 11 is 11.2. The van der Waals surface area contributed by atoms with Crippen LogP contribution in [0.3, 0.4) is 0 Å². The van der Waals surface area contributed by atoms with Gasteiger partial charge in [0, 0.05) is 6.61 Å². The molecule has 0 fully saturated rings. The fourth-order valence-electron chi connectivity index (χ4n) is 2.72. The predicted octanol–water partition coefficient (Wildman–Crippen LogP) is 5.93. The van der Waals surface area contributed by atoms with Crippen LogP contribution < -0.4 is 9.47 Å². The van der Waals surface area contributed by atoms with Gasteiger partial charge in [0.2, 0.25) is 0 Å². The first kappa shape index (κ1) is 24.6. The molecule has 7 heteroatoms. The first-order valence-corrected chi connectivity index (χ1v) is 10.5. The lowest BCUT2D eigenvalue weighted by Gasteiger charge is -2.17. The molecule has 0 bridgehead atoms. The molecule has 0 aliphatic carbocycles. The molecule has 0 aromatic heterocycles. The third-order valence-corrected chi connectivity index (χ3v) is 4.48. The molecule has 0 aliphatic heterocycles. The zero-order valence-electron chi connectivity index (χ0n) is 16.8. The molecular weight excluding hydrogens is 401 g/mol. The Balaban J connectivity index is 2.45. The zero-order chi connectivity index (χ0) is 20.6. The second-order valence-electron chi connectivity index (χ2n) is 6.22. The summed E-state index contributed by atoms with van der Waals surface area (Å²) in [6, 6.07) is 4.05. The van der Waals surface area contributed by atoms with E-state index in [0.717, 1.165) is 61.2 Å². The van der Waals surface area contributed by atoms with Gasteiger partial charge in [-0.05, 0) is 61.4 Å². The zero-order valence-corrected chi connectivity index (χ0v) is 18.3. The second kappa shape index (κ2) is 15.5. The van der Waals surface area contributed by atoms with Gasteiger partial charge in [-0.1, -0.05) is 48.6 Å². The Morgan fingerprint density at radius 1 is 0.964 bits per heavy atom. The SMILES string of the molecule is CCc1cc(OCC=C(Cl)Cl)cc(CC)c1OCCCCCCOC/C=N/O. The molecule has 0 amide bonds. The number of unbranched alkanes of at least 4 members (excludes halogenated alkanes) is 3. The lowest BCUT2D eigenvalue weighted by Crippen LogP contribution is -2.05. The molecule has 0 atom stereocenters. The van der Waals surface area contributed by atoms with Crippen LogP contribution in [0.4, 0.5) is 0 Å². The maximum atomic E-state index is 8.26. The van der Waals surface area contributed by atoms with Crippen molar-refractivity contribution < 1.29 is 19.4 Å². The fraction of sp³-hybridized carbons (Fsp3) is 0.571. The first-order chi connectivity index (χ1) is 13.6. The van der Waals surface area contributed by atoms with E-state index >= 15 is 0 Å². The minimum absolute atomic E-state index is 0.206. The summed E-state index contributed by atoms with van der Waals surface area (Å²) < 4.78 is 17.3. The van der Waals surface area contributed by atoms with Gasteiger partial charge < -0.3 is 19.4 Å². The van der Waals surface area contributed by atoms with Crippen molar-refractivity contribution in [3.8, 4) is 11.5 Å². The predicted molar refractivity (Wildman–Crippen MR) is 116 cm³/mol. The van der Waals surface area contributed by atoms with E-state index in [-0.39, 0.29) is 4.49 Å². The number of rotatable bonds is 15. The topological polar surface area (TPSA) is 60.3 Å². The molecule has 1 aromatic rings. The Morgan fingerprint density at radius 3 is 2.18 bits per heavy atom. The number of benzene rings is 1. The van der Waals surface area contributed by atoms with E-state index < -0.39 is 0 Å². The molecule has 0 unspecified atom stereocenters. The van der Waals surface area contributed by atoms with Crippen LogP contribution in [0.15, 0.2) is 27.9 Å². The first-order valence-electron chi connectivity index (χ1n) is 9.78. The lowest BCUT2D eigenvalue weighted by atomic mass is 10.0. The van der Waals surface area contributed by atoms with Gasteiger partial charge in [-0.25, -0.2) is 0 Å². The van der Waals surface area contributed by atoms with Crippen molar-refractivity contribution in [3.05, 3.63) is 33.8 Å². The van der Waals surface area contributed by atoms with E-state index in [4.69, 9.17) is 42.6 Å². The summed E-state index contributed by atoms with van der Waals surface area (Å²) in [4.78, 5) is 0. The Hall–Kier alpha value is -1.43. The molecule has 158 valence electrons. The van der Waals surface area contributed by atoms with Crippen molar-refractivity contribution in [1.29, 1.82) is 0 Å². The summed E-state index contributed by atoms with van der Waals surface area (Å²) in [6.45, 7) is 6.30. The van der Waals surface area contributed by atoms with Crippen LogP contribution in [0.2, 0.25) is 0 Å². The summed E-state index contributed by atoms with van der Waals surface area (Å²) in [6.07, 6.45) is 8.88. The maximum Gasteiger partial charge on any atom is 0.125 e. The van der Waals surface area contributed by atoms with Gasteiger partial charge in [-0.15, -0.1) is 0 Å². The standard InChI is InChI=1S/C21H31Cl2NO4/c1-3-17-15-19(27-13-9-20(22)23)16-18(4-2)21(17)28-12-8-6-5-7-11-26-14-10-24-25/h9-10,15-16,25H,3-8,11-14H2,1-2H3/b24-10+. The van der Waals surface area contributed by atoms with E-state index in [2.05, 4.69) is 19.0 Å². The third-order valence-electron chi connectivity index (χ3n) is 4.17. The van der Waals surface area contributed by atoms with Crippen molar-refractivity contribution in [1.82, 2.24) is 0 Å². The Bertz CT molecular complexity index is 591. The number of halogens is 2. The van der Waals surface area contributed by atoms with Crippen molar-refractivity contribution in [3.63, 3.8) is 0 Å². The van der Waals surface area contributed by atoms with Gasteiger partial charge in [-0.2, -0.15) is 0 Å². The van der Waals surface area contributed by atoms with E-state index in [1.807, 2.05) is 12.1 Å². The molecule has 1 rings (SSSR count). The Labute approximate surface area is 178 Å². The van der Waals surface area contributed by atoms with E-state index in [1.165, 1.54) is 6.21 Å². The smallest absolute Gasteiger partial charge is 0.125 e. The van der Waals surface area contributed by atoms with Gasteiger partial charge in [-0.3, -0.25) is 0 Å². The minimum atomic E-state index is 0.206. The quantitative estimate of drug-likeness (QED) is 0.162. The lowest BCUT2D eigenvalue weighted by molar-refractivity contribution is 0.165. The molecular formula is C21H31Cl2NO4. The number of hydrogen-bond donors (Lipinski definition) is 1. The van der Waals surface area contributed by atoms with Crippen LogP contribution in [0.5, 0.6) is 11.5 Å². The molecule has 28 heavy (non-hydrogen) atoms. The third kappa shape index (κ3) is 10.2. The highest BCUT2D eigenvalue weighted by Crippen LogP contribution is 2.31. The van der Waals surface area contributed by atoms with E-state index in [1.54, 1.807) is 6.08 Å². The van der Waals surface area contributed by atoms with Crippen molar-refractivity contribution in [2.24, 2.45) is 5.16 Å². The molecule has 0 radical (unpaired) electrons. The maximum absolute atomic E-state index is 8.26. The summed E-state index contributed by atoms with van der Waals surface area (Å²) in [5.74, 6) is 1.79. The molecule has 1 N–H and O–H groups in total. The summed E-state index contributed by atoms with van der Waals surface area (Å²) in [5, 5.41) is 11.2. The molecule has 0 saturated carbocycles. The Kier molecular flexibility index (Phi) is 13.6. The van der Waals surface area contributed by atoms with E-state index in [9.17, 15) is 0 Å². The number of nitrogens with zero attached hydrogens (tertiary/aromatic N) is 1. The van der Waals surface area contributed by atoms with Crippen molar-refractivity contribution >= 4 is 29.4 Å². The normalized spacial score (nSPS) is 11.0. The highest BCUT2D eigenvalue weighted by atomic mass is 35.5. The van der Waals surface area contributed by atoms with Crippen LogP contribution in [0, 0.1) is 0 Å². The average Bonchev–Trinajstić information content (AvgIpc) is 2.69. The summed E-state index contributed by atoms with van der Waals surface area (Å²) in [5.41, 5.74) is 2.29. The number of ether oxygens (including phenoxy) is 3. The number of oxime groups is 1. The molecule has 5 nitrogen and oxygen atoms in total. The number of hydrogen-bond acceptors (Lipinski definition) is 5. The second-order valence-corrected chi connectivity index (χ2v) is 7.23. The van der Waals surface area contributed by atoms with E-state index in [0.29, 0.717) is 26.4 Å². The largest absolute Gasteiger partial charge is 0.493 e. The monoisotopic (exact) mass is 431 g/mol. The fourth-order valence-corrected chi connectivity index (χ4v) is 2.85. The molecule has 1 aromatic carbocycles. The van der Waals surface area contributed by atoms with Crippen LogP contribution in [0.25, 0.3) is 0 Å². The number of aryl methyl sites for hydroxylation is 2. The molecule has 0 heterocycles. The minimum Gasteiger partial charge on any atom is -0.493 e. The van der Waals surface area contributed by atoms with Crippen LogP contribution >= 0.6 is 23.2 Å². The van der Waals surface area contributed by atoms with Crippen LogP contribution in [-0.2, 0) is 17.6 Å². The summed E-state index contributed by atoms with van der Waals surface area (Å²) in [7, 11) is 0. The van der Waals surface area contributed by atoms with Crippen LogP contribution in [0.1, 0.15) is 50.7 Å². The average molecular weight is 432 g/mol. The van der Waals surface area contributed by atoms with Crippen molar-refractivity contribution in [2.45, 2.75) is 52.4 Å². The van der Waals surface area contributed by atoms with Gasteiger partial charge in [0.25, 0.3) is 0 Å². The van der Waals surface area contributed by atoms with Gasteiger partial charge in [0.15, 0.2) is 0 Å². The highest BCUT2D eigenvalue weighted by Gasteiger charge is 2.11. The molecule has 0 spiro atoms. The molecule has 0 saturated heterocycles. The Morgan fingerprint density at radius 2 is 1.61 bits per heavy atom. The van der Waals surface area contributed by atoms with Gasteiger partial charge >= 0.3 is 0 Å². The highest BCUT2D eigenvalue weighted by molar-refractivity contribution is 6.55. The van der Waals surface area contributed by atoms with Gasteiger partial charge in [0.05, 0.1) is 19.4 Å².